The van der Waals surface area contributed by atoms with Gasteiger partial charge in [-0.15, -0.1) is 0 Å². The third-order valence-electron chi connectivity index (χ3n) is 6.25. The molecule has 164 valence electrons. The average molecular weight is 449 g/mol. The molecule has 0 aliphatic carbocycles. The Balaban J connectivity index is 1.41. The Kier molecular flexibility index (Phi) is 5.70. The molecular formula is C25H25ClN4O2. The third-order valence-corrected chi connectivity index (χ3v) is 6.43. The Labute approximate surface area is 191 Å². The van der Waals surface area contributed by atoms with Gasteiger partial charge in [0.25, 0.3) is 0 Å². The molecule has 1 amide bonds. The number of piperidine rings is 1. The minimum atomic E-state index is 0.139. The number of aryl methyl sites for hydroxylation is 2. The molecule has 1 fully saturated rings. The zero-order valence-corrected chi connectivity index (χ0v) is 18.7. The summed E-state index contributed by atoms with van der Waals surface area (Å²) in [6, 6.07) is 12.3. The standard InChI is InChI=1S/C25H25ClN4O2/c1-16-4-6-21-20(13-16)24(17-8-10-27-11-9-17)25(28-21)18-3-2-12-30(15-18)23(31)7-5-19-14-22(26)29-32-19/h4,6,8-11,13-14,18,28H,2-3,5,7,12,15H2,1H3. The maximum Gasteiger partial charge on any atom is 0.223 e. The van der Waals surface area contributed by atoms with E-state index < -0.39 is 0 Å². The number of fused-ring (bicyclic) bond motifs is 1. The number of hydrogen-bond donors (Lipinski definition) is 1. The number of H-pyrrole nitrogens is 1. The van der Waals surface area contributed by atoms with E-state index in [2.05, 4.69) is 52.4 Å². The predicted molar refractivity (Wildman–Crippen MR) is 125 cm³/mol. The van der Waals surface area contributed by atoms with Crippen LogP contribution < -0.4 is 0 Å². The highest BCUT2D eigenvalue weighted by Crippen LogP contribution is 2.39. The van der Waals surface area contributed by atoms with Crippen LogP contribution in [-0.4, -0.2) is 39.0 Å². The van der Waals surface area contributed by atoms with Gasteiger partial charge in [0, 0.05) is 72.5 Å². The molecular weight excluding hydrogens is 424 g/mol. The molecule has 4 heterocycles. The summed E-state index contributed by atoms with van der Waals surface area (Å²) in [5.41, 5.74) is 5.94. The molecule has 0 spiro atoms. The predicted octanol–water partition coefficient (Wildman–Crippen LogP) is 5.52. The largest absolute Gasteiger partial charge is 0.360 e. The lowest BCUT2D eigenvalue weighted by Crippen LogP contribution is -2.39. The van der Waals surface area contributed by atoms with Crippen LogP contribution in [0.3, 0.4) is 0 Å². The molecule has 1 aliphatic heterocycles. The number of pyridine rings is 1. The average Bonchev–Trinajstić information content (AvgIpc) is 3.41. The van der Waals surface area contributed by atoms with Crippen molar-refractivity contribution in [3.63, 3.8) is 0 Å². The molecule has 1 atom stereocenters. The zero-order valence-electron chi connectivity index (χ0n) is 18.0. The van der Waals surface area contributed by atoms with Crippen LogP contribution in [0.25, 0.3) is 22.0 Å². The summed E-state index contributed by atoms with van der Waals surface area (Å²) in [6.07, 6.45) is 6.59. The Morgan fingerprint density at radius 3 is 2.88 bits per heavy atom. The van der Waals surface area contributed by atoms with Gasteiger partial charge in [-0.3, -0.25) is 9.78 Å². The quantitative estimate of drug-likeness (QED) is 0.436. The van der Waals surface area contributed by atoms with Crippen LogP contribution in [0.1, 0.15) is 42.2 Å². The topological polar surface area (TPSA) is 75.0 Å². The minimum absolute atomic E-state index is 0.139. The summed E-state index contributed by atoms with van der Waals surface area (Å²) in [7, 11) is 0. The first-order valence-corrected chi connectivity index (χ1v) is 11.4. The summed E-state index contributed by atoms with van der Waals surface area (Å²) in [6.45, 7) is 3.61. The second-order valence-electron chi connectivity index (χ2n) is 8.49. The van der Waals surface area contributed by atoms with E-state index in [-0.39, 0.29) is 11.8 Å². The number of amides is 1. The van der Waals surface area contributed by atoms with Gasteiger partial charge in [0.05, 0.1) is 0 Å². The van der Waals surface area contributed by atoms with E-state index in [0.29, 0.717) is 30.3 Å². The summed E-state index contributed by atoms with van der Waals surface area (Å²) in [4.78, 5) is 22.8. The van der Waals surface area contributed by atoms with Gasteiger partial charge < -0.3 is 14.4 Å². The SMILES string of the molecule is Cc1ccc2[nH]c(C3CCCN(C(=O)CCc4cc(Cl)no4)C3)c(-c3ccncc3)c2c1. The molecule has 7 heteroatoms. The Bertz CT molecular complexity index is 1250. The van der Waals surface area contributed by atoms with E-state index in [9.17, 15) is 4.79 Å². The van der Waals surface area contributed by atoms with Gasteiger partial charge in [-0.25, -0.2) is 0 Å². The molecule has 4 aromatic rings. The number of rotatable bonds is 5. The molecule has 0 bridgehead atoms. The van der Waals surface area contributed by atoms with Gasteiger partial charge in [0.15, 0.2) is 5.15 Å². The number of nitrogens with one attached hydrogen (secondary N) is 1. The van der Waals surface area contributed by atoms with E-state index in [4.69, 9.17) is 16.1 Å². The number of aromatic nitrogens is 3. The number of nitrogens with zero attached hydrogens (tertiary/aromatic N) is 3. The van der Waals surface area contributed by atoms with E-state index in [1.165, 1.54) is 22.2 Å². The summed E-state index contributed by atoms with van der Waals surface area (Å²) >= 11 is 5.81. The van der Waals surface area contributed by atoms with Crippen molar-refractivity contribution < 1.29 is 9.32 Å². The number of benzene rings is 1. The highest BCUT2D eigenvalue weighted by atomic mass is 35.5. The number of hydrogen-bond acceptors (Lipinski definition) is 4. The summed E-state index contributed by atoms with van der Waals surface area (Å²) in [5, 5.41) is 5.22. The number of aromatic amines is 1. The first kappa shape index (κ1) is 20.8. The normalized spacial score (nSPS) is 16.6. The summed E-state index contributed by atoms with van der Waals surface area (Å²) in [5.74, 6) is 1.03. The fraction of sp³-hybridized carbons (Fsp3) is 0.320. The molecule has 0 radical (unpaired) electrons. The molecule has 5 rings (SSSR count). The number of carbonyl (C=O) groups is 1. The van der Waals surface area contributed by atoms with Crippen molar-refractivity contribution in [3.8, 4) is 11.1 Å². The van der Waals surface area contributed by atoms with Crippen LogP contribution in [0.2, 0.25) is 5.15 Å². The lowest BCUT2D eigenvalue weighted by molar-refractivity contribution is -0.132. The number of likely N-dealkylation sites (tertiary alicyclic amines) is 1. The molecule has 1 saturated heterocycles. The second kappa shape index (κ2) is 8.79. The van der Waals surface area contributed by atoms with Crippen molar-refractivity contribution in [3.05, 3.63) is 71.0 Å². The Hall–Kier alpha value is -3.12. The fourth-order valence-corrected chi connectivity index (χ4v) is 4.85. The molecule has 1 aliphatic rings. The number of carbonyl (C=O) groups excluding carboxylic acids is 1. The monoisotopic (exact) mass is 448 g/mol. The molecule has 3 aromatic heterocycles. The highest BCUT2D eigenvalue weighted by molar-refractivity contribution is 6.29. The molecule has 1 aromatic carbocycles. The van der Waals surface area contributed by atoms with E-state index in [0.717, 1.165) is 30.5 Å². The lowest BCUT2D eigenvalue weighted by Gasteiger charge is -2.33. The van der Waals surface area contributed by atoms with Crippen molar-refractivity contribution in [2.75, 3.05) is 13.1 Å². The van der Waals surface area contributed by atoms with Crippen LogP contribution in [0.4, 0.5) is 0 Å². The van der Waals surface area contributed by atoms with Gasteiger partial charge in [-0.1, -0.05) is 28.4 Å². The maximum absolute atomic E-state index is 12.9. The molecule has 0 saturated carbocycles. The zero-order chi connectivity index (χ0) is 22.1. The fourth-order valence-electron chi connectivity index (χ4n) is 4.70. The van der Waals surface area contributed by atoms with Crippen molar-refractivity contribution in [1.82, 2.24) is 20.0 Å². The van der Waals surface area contributed by atoms with E-state index >= 15 is 0 Å². The first-order chi connectivity index (χ1) is 15.6. The van der Waals surface area contributed by atoms with Gasteiger partial charge >= 0.3 is 0 Å². The van der Waals surface area contributed by atoms with Gasteiger partial charge in [-0.05, 0) is 49.6 Å². The van der Waals surface area contributed by atoms with Gasteiger partial charge in [-0.2, -0.15) is 0 Å². The molecule has 6 nitrogen and oxygen atoms in total. The van der Waals surface area contributed by atoms with Crippen LogP contribution in [0.5, 0.6) is 0 Å². The maximum atomic E-state index is 12.9. The van der Waals surface area contributed by atoms with E-state index in [1.807, 2.05) is 17.3 Å². The smallest absolute Gasteiger partial charge is 0.223 e. The van der Waals surface area contributed by atoms with Crippen LogP contribution in [0.15, 0.2) is 53.3 Å². The third kappa shape index (κ3) is 4.15. The van der Waals surface area contributed by atoms with Gasteiger partial charge in [0.1, 0.15) is 5.76 Å². The van der Waals surface area contributed by atoms with Crippen molar-refractivity contribution in [2.45, 2.75) is 38.5 Å². The minimum Gasteiger partial charge on any atom is -0.360 e. The lowest BCUT2D eigenvalue weighted by atomic mass is 9.89. The molecule has 1 N–H and O–H groups in total. The Morgan fingerprint density at radius 2 is 2.09 bits per heavy atom. The van der Waals surface area contributed by atoms with Crippen molar-refractivity contribution in [2.24, 2.45) is 0 Å². The van der Waals surface area contributed by atoms with Crippen LogP contribution >= 0.6 is 11.6 Å². The molecule has 32 heavy (non-hydrogen) atoms. The molecule has 1 unspecified atom stereocenters. The van der Waals surface area contributed by atoms with Crippen LogP contribution in [-0.2, 0) is 11.2 Å². The Morgan fingerprint density at radius 1 is 1.25 bits per heavy atom. The van der Waals surface area contributed by atoms with Crippen LogP contribution in [0, 0.1) is 6.92 Å². The van der Waals surface area contributed by atoms with Crippen molar-refractivity contribution >= 4 is 28.4 Å². The second-order valence-corrected chi connectivity index (χ2v) is 8.88. The first-order valence-electron chi connectivity index (χ1n) is 11.0. The van der Waals surface area contributed by atoms with Crippen molar-refractivity contribution in [1.29, 1.82) is 0 Å². The summed E-state index contributed by atoms with van der Waals surface area (Å²) < 4.78 is 5.14. The van der Waals surface area contributed by atoms with Gasteiger partial charge in [0.2, 0.25) is 5.91 Å². The number of halogens is 1. The highest BCUT2D eigenvalue weighted by Gasteiger charge is 2.28. The van der Waals surface area contributed by atoms with E-state index in [1.54, 1.807) is 6.07 Å².